The van der Waals surface area contributed by atoms with Gasteiger partial charge in [-0.15, -0.1) is 0 Å². The van der Waals surface area contributed by atoms with Crippen LogP contribution in [0.5, 0.6) is 5.75 Å². The zero-order valence-corrected chi connectivity index (χ0v) is 19.9. The van der Waals surface area contributed by atoms with Crippen molar-refractivity contribution >= 4 is 33.5 Å². The van der Waals surface area contributed by atoms with Crippen LogP contribution in [0.15, 0.2) is 65.4 Å². The SMILES string of the molecule is CCOC(=O)c1ccc(N(Cc2ccncc2)C(=O)COc2c(C)cc(C)cc2Br)cc1. The number of aryl methyl sites for hydroxylation is 2. The maximum atomic E-state index is 13.2. The number of nitrogens with zero attached hydrogens (tertiary/aromatic N) is 2. The molecule has 0 N–H and O–H groups in total. The largest absolute Gasteiger partial charge is 0.482 e. The van der Waals surface area contributed by atoms with Crippen molar-refractivity contribution in [1.29, 1.82) is 0 Å². The summed E-state index contributed by atoms with van der Waals surface area (Å²) >= 11 is 3.52. The van der Waals surface area contributed by atoms with Crippen molar-refractivity contribution in [2.45, 2.75) is 27.3 Å². The number of rotatable bonds is 8. The van der Waals surface area contributed by atoms with Crippen molar-refractivity contribution in [2.24, 2.45) is 0 Å². The van der Waals surface area contributed by atoms with E-state index in [1.807, 2.05) is 38.1 Å². The lowest BCUT2D eigenvalue weighted by Crippen LogP contribution is -2.34. The highest BCUT2D eigenvalue weighted by Gasteiger charge is 2.19. The van der Waals surface area contributed by atoms with Crippen molar-refractivity contribution in [2.75, 3.05) is 18.1 Å². The van der Waals surface area contributed by atoms with Crippen molar-refractivity contribution in [1.82, 2.24) is 4.98 Å². The van der Waals surface area contributed by atoms with Gasteiger partial charge in [-0.2, -0.15) is 0 Å². The molecule has 3 aromatic rings. The molecule has 0 saturated carbocycles. The molecule has 6 nitrogen and oxygen atoms in total. The van der Waals surface area contributed by atoms with E-state index in [0.29, 0.717) is 30.2 Å². The number of hydrogen-bond acceptors (Lipinski definition) is 5. The number of anilines is 1. The second-order valence-corrected chi connectivity index (χ2v) is 8.14. The summed E-state index contributed by atoms with van der Waals surface area (Å²) in [6.45, 7) is 6.22. The number of benzene rings is 2. The third kappa shape index (κ3) is 5.95. The van der Waals surface area contributed by atoms with Gasteiger partial charge in [0.05, 0.1) is 23.2 Å². The highest BCUT2D eigenvalue weighted by Crippen LogP contribution is 2.30. The van der Waals surface area contributed by atoms with Gasteiger partial charge >= 0.3 is 5.97 Å². The molecule has 0 fully saturated rings. The topological polar surface area (TPSA) is 68.7 Å². The molecule has 0 saturated heterocycles. The fraction of sp³-hybridized carbons (Fsp3) is 0.240. The number of ether oxygens (including phenoxy) is 2. The lowest BCUT2D eigenvalue weighted by atomic mass is 10.1. The fourth-order valence-electron chi connectivity index (χ4n) is 3.28. The van der Waals surface area contributed by atoms with E-state index in [1.54, 1.807) is 48.5 Å². The number of amides is 1. The molecule has 0 aliphatic rings. The average Bonchev–Trinajstić information content (AvgIpc) is 2.77. The lowest BCUT2D eigenvalue weighted by Gasteiger charge is -2.24. The first-order chi connectivity index (χ1) is 15.4. The first-order valence-electron chi connectivity index (χ1n) is 10.2. The van der Waals surface area contributed by atoms with Crippen LogP contribution in [-0.4, -0.2) is 30.1 Å². The van der Waals surface area contributed by atoms with E-state index in [-0.39, 0.29) is 12.5 Å². The van der Waals surface area contributed by atoms with Crippen LogP contribution in [-0.2, 0) is 16.1 Å². The molecular weight excluding hydrogens is 472 g/mol. The molecule has 2 aromatic carbocycles. The van der Waals surface area contributed by atoms with Crippen LogP contribution in [0, 0.1) is 13.8 Å². The van der Waals surface area contributed by atoms with Crippen LogP contribution in [0.3, 0.4) is 0 Å². The van der Waals surface area contributed by atoms with Crippen LogP contribution in [0.25, 0.3) is 0 Å². The molecule has 0 spiro atoms. The predicted octanol–water partition coefficient (Wildman–Crippen LogP) is 5.25. The Balaban J connectivity index is 1.82. The molecule has 1 amide bonds. The van der Waals surface area contributed by atoms with Gasteiger partial charge in [-0.3, -0.25) is 9.78 Å². The van der Waals surface area contributed by atoms with E-state index in [1.165, 1.54) is 0 Å². The second kappa shape index (κ2) is 10.9. The van der Waals surface area contributed by atoms with E-state index in [0.717, 1.165) is 21.2 Å². The van der Waals surface area contributed by atoms with E-state index in [9.17, 15) is 9.59 Å². The summed E-state index contributed by atoms with van der Waals surface area (Å²) in [6, 6.07) is 14.5. The molecule has 0 unspecified atom stereocenters. The lowest BCUT2D eigenvalue weighted by molar-refractivity contribution is -0.120. The van der Waals surface area contributed by atoms with Crippen LogP contribution in [0.1, 0.15) is 34.0 Å². The van der Waals surface area contributed by atoms with Crippen molar-refractivity contribution in [3.05, 3.63) is 87.7 Å². The number of carbonyl (C=O) groups excluding carboxylic acids is 2. The summed E-state index contributed by atoms with van der Waals surface area (Å²) in [4.78, 5) is 30.8. The van der Waals surface area contributed by atoms with E-state index in [2.05, 4.69) is 20.9 Å². The number of hydrogen-bond donors (Lipinski definition) is 0. The Hall–Kier alpha value is -3.19. The minimum atomic E-state index is -0.394. The minimum absolute atomic E-state index is 0.132. The van der Waals surface area contributed by atoms with Gasteiger partial charge in [0, 0.05) is 18.1 Å². The van der Waals surface area contributed by atoms with Crippen LogP contribution < -0.4 is 9.64 Å². The molecule has 3 rings (SSSR count). The van der Waals surface area contributed by atoms with Gasteiger partial charge in [-0.05, 0) is 95.9 Å². The summed E-state index contributed by atoms with van der Waals surface area (Å²) < 4.78 is 11.7. The molecule has 0 aliphatic carbocycles. The highest BCUT2D eigenvalue weighted by molar-refractivity contribution is 9.10. The number of pyridine rings is 1. The van der Waals surface area contributed by atoms with Gasteiger partial charge in [0.1, 0.15) is 5.75 Å². The minimum Gasteiger partial charge on any atom is -0.482 e. The zero-order valence-electron chi connectivity index (χ0n) is 18.3. The summed E-state index contributed by atoms with van der Waals surface area (Å²) in [7, 11) is 0. The third-order valence-electron chi connectivity index (χ3n) is 4.79. The maximum absolute atomic E-state index is 13.2. The maximum Gasteiger partial charge on any atom is 0.338 e. The van der Waals surface area contributed by atoms with Crippen molar-refractivity contribution in [3.8, 4) is 5.75 Å². The smallest absolute Gasteiger partial charge is 0.338 e. The quantitative estimate of drug-likeness (QED) is 0.398. The molecule has 0 bridgehead atoms. The summed E-state index contributed by atoms with van der Waals surface area (Å²) in [5.41, 5.74) is 4.07. The van der Waals surface area contributed by atoms with Crippen LogP contribution in [0.2, 0.25) is 0 Å². The van der Waals surface area contributed by atoms with Crippen LogP contribution >= 0.6 is 15.9 Å². The van der Waals surface area contributed by atoms with Gasteiger partial charge in [0.15, 0.2) is 6.61 Å². The molecule has 1 aromatic heterocycles. The Morgan fingerprint density at radius 3 is 2.34 bits per heavy atom. The van der Waals surface area contributed by atoms with E-state index < -0.39 is 5.97 Å². The first kappa shape index (κ1) is 23.5. The van der Waals surface area contributed by atoms with E-state index >= 15 is 0 Å². The molecular formula is C25H25BrN2O4. The Kier molecular flexibility index (Phi) is 8.00. The molecule has 0 radical (unpaired) electrons. The Morgan fingerprint density at radius 2 is 1.72 bits per heavy atom. The fourth-order valence-corrected chi connectivity index (χ4v) is 4.07. The van der Waals surface area contributed by atoms with E-state index in [4.69, 9.17) is 9.47 Å². The standard InChI is InChI=1S/C25H25BrN2O4/c1-4-31-25(30)20-5-7-21(8-6-20)28(15-19-9-11-27-12-10-19)23(29)16-32-24-18(3)13-17(2)14-22(24)26/h5-14H,4,15-16H2,1-3H3. The molecule has 0 atom stereocenters. The van der Waals surface area contributed by atoms with Gasteiger partial charge in [-0.25, -0.2) is 4.79 Å². The number of halogens is 1. The normalized spacial score (nSPS) is 10.5. The van der Waals surface area contributed by atoms with Crippen molar-refractivity contribution in [3.63, 3.8) is 0 Å². The molecule has 7 heteroatoms. The zero-order chi connectivity index (χ0) is 23.1. The average molecular weight is 497 g/mol. The second-order valence-electron chi connectivity index (χ2n) is 7.28. The Bertz CT molecular complexity index is 1060. The number of aromatic nitrogens is 1. The summed E-state index contributed by atoms with van der Waals surface area (Å²) in [6.07, 6.45) is 3.37. The van der Waals surface area contributed by atoms with Gasteiger partial charge in [-0.1, -0.05) is 6.07 Å². The molecule has 1 heterocycles. The third-order valence-corrected chi connectivity index (χ3v) is 5.38. The van der Waals surface area contributed by atoms with Gasteiger partial charge in [0.25, 0.3) is 5.91 Å². The van der Waals surface area contributed by atoms with Gasteiger partial charge < -0.3 is 14.4 Å². The Morgan fingerprint density at radius 1 is 1.03 bits per heavy atom. The summed E-state index contributed by atoms with van der Waals surface area (Å²) in [5, 5.41) is 0. The van der Waals surface area contributed by atoms with Crippen LogP contribution in [0.4, 0.5) is 5.69 Å². The Labute approximate surface area is 196 Å². The number of carbonyl (C=O) groups is 2. The number of esters is 1. The monoisotopic (exact) mass is 496 g/mol. The van der Waals surface area contributed by atoms with Gasteiger partial charge in [0.2, 0.25) is 0 Å². The highest BCUT2D eigenvalue weighted by atomic mass is 79.9. The summed E-state index contributed by atoms with van der Waals surface area (Å²) in [5.74, 6) is 0.0390. The predicted molar refractivity (Wildman–Crippen MR) is 127 cm³/mol. The molecule has 166 valence electrons. The molecule has 32 heavy (non-hydrogen) atoms. The first-order valence-corrected chi connectivity index (χ1v) is 11.0. The van der Waals surface area contributed by atoms with Crippen molar-refractivity contribution < 1.29 is 19.1 Å². The molecule has 0 aliphatic heterocycles.